The van der Waals surface area contributed by atoms with Gasteiger partial charge in [0, 0.05) is 31.1 Å². The minimum absolute atomic E-state index is 0.246. The molecule has 0 amide bonds. The van der Waals surface area contributed by atoms with Gasteiger partial charge in [-0.1, -0.05) is 20.8 Å². The van der Waals surface area contributed by atoms with E-state index in [1.807, 2.05) is 24.0 Å². The van der Waals surface area contributed by atoms with E-state index in [2.05, 4.69) is 36.1 Å². The number of thioether (sulfide) groups is 1. The van der Waals surface area contributed by atoms with Crippen LogP contribution in [0.4, 0.5) is 0 Å². The SMILES string of the molecule is COCCNCc1ccnc(CSC(C)(C)C)n1. The quantitative estimate of drug-likeness (QED) is 0.769. The van der Waals surface area contributed by atoms with E-state index < -0.39 is 0 Å². The van der Waals surface area contributed by atoms with Crippen LogP contribution in [0.3, 0.4) is 0 Å². The van der Waals surface area contributed by atoms with Gasteiger partial charge in [-0.3, -0.25) is 0 Å². The van der Waals surface area contributed by atoms with Crippen LogP contribution in [0.15, 0.2) is 12.3 Å². The van der Waals surface area contributed by atoms with Crippen LogP contribution in [0.1, 0.15) is 32.3 Å². The van der Waals surface area contributed by atoms with E-state index >= 15 is 0 Å². The summed E-state index contributed by atoms with van der Waals surface area (Å²) in [5.74, 6) is 1.76. The molecule has 1 heterocycles. The van der Waals surface area contributed by atoms with Crippen molar-refractivity contribution < 1.29 is 4.74 Å². The Morgan fingerprint density at radius 1 is 1.39 bits per heavy atom. The fraction of sp³-hybridized carbons (Fsp3) is 0.692. The molecule has 0 fully saturated rings. The lowest BCUT2D eigenvalue weighted by Gasteiger charge is -2.16. The summed E-state index contributed by atoms with van der Waals surface area (Å²) < 4.78 is 5.23. The third kappa shape index (κ3) is 6.93. The molecular weight excluding hydrogens is 246 g/mol. The van der Waals surface area contributed by atoms with Crippen LogP contribution in [0.25, 0.3) is 0 Å². The zero-order valence-corrected chi connectivity index (χ0v) is 12.5. The van der Waals surface area contributed by atoms with E-state index in [0.717, 1.165) is 37.0 Å². The van der Waals surface area contributed by atoms with Crippen LogP contribution in [0.5, 0.6) is 0 Å². The van der Waals surface area contributed by atoms with Gasteiger partial charge in [0.25, 0.3) is 0 Å². The van der Waals surface area contributed by atoms with Gasteiger partial charge >= 0.3 is 0 Å². The zero-order valence-electron chi connectivity index (χ0n) is 11.7. The van der Waals surface area contributed by atoms with Crippen molar-refractivity contribution in [2.24, 2.45) is 0 Å². The Morgan fingerprint density at radius 2 is 2.17 bits per heavy atom. The number of nitrogens with zero attached hydrogens (tertiary/aromatic N) is 2. The third-order valence-corrected chi connectivity index (χ3v) is 3.46. The predicted octanol–water partition coefficient (Wildman–Crippen LogP) is 2.24. The van der Waals surface area contributed by atoms with Gasteiger partial charge in [-0.25, -0.2) is 9.97 Å². The molecule has 0 aliphatic heterocycles. The smallest absolute Gasteiger partial charge is 0.138 e. The Labute approximate surface area is 114 Å². The summed E-state index contributed by atoms with van der Waals surface area (Å²) in [6, 6.07) is 1.95. The second kappa shape index (κ2) is 7.71. The fourth-order valence-corrected chi connectivity index (χ4v) is 1.98. The van der Waals surface area contributed by atoms with Gasteiger partial charge in [0.2, 0.25) is 0 Å². The second-order valence-corrected chi connectivity index (χ2v) is 6.84. The number of hydrogen-bond donors (Lipinski definition) is 1. The first-order valence-electron chi connectivity index (χ1n) is 6.15. The first kappa shape index (κ1) is 15.4. The van der Waals surface area contributed by atoms with Gasteiger partial charge in [-0.05, 0) is 6.07 Å². The molecule has 0 saturated heterocycles. The van der Waals surface area contributed by atoms with Gasteiger partial charge < -0.3 is 10.1 Å². The minimum atomic E-state index is 0.246. The minimum Gasteiger partial charge on any atom is -0.383 e. The van der Waals surface area contributed by atoms with E-state index in [1.54, 1.807) is 7.11 Å². The van der Waals surface area contributed by atoms with Crippen molar-refractivity contribution in [1.29, 1.82) is 0 Å². The largest absolute Gasteiger partial charge is 0.383 e. The number of hydrogen-bond acceptors (Lipinski definition) is 5. The van der Waals surface area contributed by atoms with E-state index in [-0.39, 0.29) is 4.75 Å². The van der Waals surface area contributed by atoms with Crippen molar-refractivity contribution in [3.05, 3.63) is 23.8 Å². The number of ether oxygens (including phenoxy) is 1. The lowest BCUT2D eigenvalue weighted by molar-refractivity contribution is 0.199. The Balaban J connectivity index is 2.41. The average Bonchev–Trinajstić information content (AvgIpc) is 2.32. The third-order valence-electron chi connectivity index (χ3n) is 2.19. The first-order valence-corrected chi connectivity index (χ1v) is 7.14. The van der Waals surface area contributed by atoms with E-state index in [9.17, 15) is 0 Å². The van der Waals surface area contributed by atoms with Crippen LogP contribution in [-0.2, 0) is 17.0 Å². The Morgan fingerprint density at radius 3 is 2.83 bits per heavy atom. The van der Waals surface area contributed by atoms with Crippen LogP contribution >= 0.6 is 11.8 Å². The maximum atomic E-state index is 4.98. The Hall–Kier alpha value is -0.650. The molecule has 1 aromatic heterocycles. The van der Waals surface area contributed by atoms with Crippen molar-refractivity contribution >= 4 is 11.8 Å². The van der Waals surface area contributed by atoms with Gasteiger partial charge in [0.05, 0.1) is 18.1 Å². The lowest BCUT2D eigenvalue weighted by atomic mass is 10.3. The standard InChI is InChI=1S/C13H23N3OS/c1-13(2,3)18-10-12-15-6-5-11(16-12)9-14-7-8-17-4/h5-6,14H,7-10H2,1-4H3. The average molecular weight is 269 g/mol. The molecule has 1 aromatic rings. The molecule has 18 heavy (non-hydrogen) atoms. The van der Waals surface area contributed by atoms with Crippen LogP contribution < -0.4 is 5.32 Å². The summed E-state index contributed by atoms with van der Waals surface area (Å²) in [5, 5.41) is 3.28. The Kier molecular flexibility index (Phi) is 6.60. The van der Waals surface area contributed by atoms with Crippen molar-refractivity contribution in [2.45, 2.75) is 37.8 Å². The van der Waals surface area contributed by atoms with E-state index in [1.165, 1.54) is 0 Å². The van der Waals surface area contributed by atoms with Crippen molar-refractivity contribution in [3.63, 3.8) is 0 Å². The highest BCUT2D eigenvalue weighted by molar-refractivity contribution is 7.99. The first-order chi connectivity index (χ1) is 8.51. The van der Waals surface area contributed by atoms with Gasteiger partial charge in [0.1, 0.15) is 5.82 Å². The van der Waals surface area contributed by atoms with Crippen LogP contribution in [-0.4, -0.2) is 35.0 Å². The topological polar surface area (TPSA) is 47.0 Å². The molecule has 1 N–H and O–H groups in total. The predicted molar refractivity (Wildman–Crippen MR) is 76.7 cm³/mol. The molecule has 0 radical (unpaired) electrons. The molecule has 4 nitrogen and oxygen atoms in total. The summed E-state index contributed by atoms with van der Waals surface area (Å²) in [4.78, 5) is 8.84. The van der Waals surface area contributed by atoms with Crippen LogP contribution in [0, 0.1) is 0 Å². The molecule has 0 saturated carbocycles. The summed E-state index contributed by atoms with van der Waals surface area (Å²) in [6.07, 6.45) is 1.83. The van der Waals surface area contributed by atoms with Crippen LogP contribution in [0.2, 0.25) is 0 Å². The monoisotopic (exact) mass is 269 g/mol. The zero-order chi connectivity index (χ0) is 13.4. The highest BCUT2D eigenvalue weighted by atomic mass is 32.2. The van der Waals surface area contributed by atoms with E-state index in [4.69, 9.17) is 4.74 Å². The summed E-state index contributed by atoms with van der Waals surface area (Å²) >= 11 is 1.86. The number of methoxy groups -OCH3 is 1. The molecule has 0 aliphatic rings. The van der Waals surface area contributed by atoms with Crippen molar-refractivity contribution in [3.8, 4) is 0 Å². The molecule has 0 unspecified atom stereocenters. The second-order valence-electron chi connectivity index (χ2n) is 5.03. The van der Waals surface area contributed by atoms with Gasteiger partial charge in [0.15, 0.2) is 0 Å². The molecular formula is C13H23N3OS. The summed E-state index contributed by atoms with van der Waals surface area (Å²) in [5.41, 5.74) is 1.03. The molecule has 102 valence electrons. The molecule has 1 rings (SSSR count). The van der Waals surface area contributed by atoms with Gasteiger partial charge in [-0.15, -0.1) is 11.8 Å². The highest BCUT2D eigenvalue weighted by Crippen LogP contribution is 2.25. The highest BCUT2D eigenvalue weighted by Gasteiger charge is 2.11. The Bertz CT molecular complexity index is 352. The van der Waals surface area contributed by atoms with Crippen molar-refractivity contribution in [1.82, 2.24) is 15.3 Å². The maximum absolute atomic E-state index is 4.98. The maximum Gasteiger partial charge on any atom is 0.138 e. The lowest BCUT2D eigenvalue weighted by Crippen LogP contribution is -2.19. The normalized spacial score (nSPS) is 11.8. The number of nitrogens with one attached hydrogen (secondary N) is 1. The summed E-state index contributed by atoms with van der Waals surface area (Å²) in [6.45, 7) is 8.93. The molecule has 5 heteroatoms. The molecule has 0 spiro atoms. The van der Waals surface area contributed by atoms with Gasteiger partial charge in [-0.2, -0.15) is 0 Å². The molecule has 0 bridgehead atoms. The number of aromatic nitrogens is 2. The summed E-state index contributed by atoms with van der Waals surface area (Å²) in [7, 11) is 1.70. The van der Waals surface area contributed by atoms with E-state index in [0.29, 0.717) is 0 Å². The molecule has 0 atom stereocenters. The molecule has 0 aliphatic carbocycles. The molecule has 0 aromatic carbocycles. The number of rotatable bonds is 7. The van der Waals surface area contributed by atoms with Crippen molar-refractivity contribution in [2.75, 3.05) is 20.3 Å². The fourth-order valence-electron chi connectivity index (χ4n) is 1.28.